The summed E-state index contributed by atoms with van der Waals surface area (Å²) < 4.78 is 10.5. The molecule has 5 nitrogen and oxygen atoms in total. The minimum atomic E-state index is -0.126. The number of likely N-dealkylation sites (N-methyl/N-ethyl adjacent to an activating group) is 1. The molecule has 0 saturated carbocycles. The van der Waals surface area contributed by atoms with E-state index in [1.54, 1.807) is 26.2 Å². The highest BCUT2D eigenvalue weighted by Gasteiger charge is 2.10. The summed E-state index contributed by atoms with van der Waals surface area (Å²) in [6, 6.07) is 13.4. The van der Waals surface area contributed by atoms with Crippen LogP contribution in [0, 0.1) is 6.92 Å². The van der Waals surface area contributed by atoms with Crippen LogP contribution >= 0.6 is 0 Å². The van der Waals surface area contributed by atoms with E-state index in [1.165, 1.54) is 0 Å². The predicted molar refractivity (Wildman–Crippen MR) is 96.1 cm³/mol. The van der Waals surface area contributed by atoms with Crippen LogP contribution in [0.5, 0.6) is 11.5 Å². The third kappa shape index (κ3) is 4.65. The minimum Gasteiger partial charge on any atom is -0.493 e. The number of amides is 2. The van der Waals surface area contributed by atoms with Gasteiger partial charge in [0.05, 0.1) is 14.2 Å². The van der Waals surface area contributed by atoms with Gasteiger partial charge in [-0.05, 0) is 43.2 Å². The number of benzene rings is 2. The molecule has 1 N–H and O–H groups in total. The van der Waals surface area contributed by atoms with Gasteiger partial charge in [-0.15, -0.1) is 0 Å². The molecule has 0 saturated heterocycles. The Morgan fingerprint density at radius 3 is 2.33 bits per heavy atom. The van der Waals surface area contributed by atoms with Gasteiger partial charge in [0.25, 0.3) is 0 Å². The second kappa shape index (κ2) is 8.24. The summed E-state index contributed by atoms with van der Waals surface area (Å²) in [6.07, 6.45) is 0.734. The van der Waals surface area contributed by atoms with Crippen LogP contribution in [-0.4, -0.2) is 38.7 Å². The number of hydrogen-bond donors (Lipinski definition) is 1. The van der Waals surface area contributed by atoms with E-state index < -0.39 is 0 Å². The Hall–Kier alpha value is -2.69. The molecule has 2 aromatic rings. The van der Waals surface area contributed by atoms with Gasteiger partial charge in [-0.2, -0.15) is 0 Å². The number of anilines is 1. The van der Waals surface area contributed by atoms with Gasteiger partial charge in [0.1, 0.15) is 0 Å². The molecule has 2 aromatic carbocycles. The van der Waals surface area contributed by atoms with Crippen LogP contribution in [0.4, 0.5) is 10.5 Å². The molecule has 0 aliphatic carbocycles. The highest BCUT2D eigenvalue weighted by molar-refractivity contribution is 5.89. The van der Waals surface area contributed by atoms with E-state index in [9.17, 15) is 4.79 Å². The highest BCUT2D eigenvalue weighted by Crippen LogP contribution is 2.27. The van der Waals surface area contributed by atoms with E-state index in [4.69, 9.17) is 9.47 Å². The first kappa shape index (κ1) is 17.7. The number of hydrogen-bond acceptors (Lipinski definition) is 3. The molecule has 24 heavy (non-hydrogen) atoms. The first-order valence-electron chi connectivity index (χ1n) is 7.83. The van der Waals surface area contributed by atoms with Gasteiger partial charge in [-0.3, -0.25) is 0 Å². The predicted octanol–water partition coefficient (Wildman–Crippen LogP) is 3.72. The molecule has 0 radical (unpaired) electrons. The SMILES string of the molecule is COc1ccc(CCN(C)C(=O)Nc2ccc(C)cc2)cc1OC. The van der Waals surface area contributed by atoms with Crippen molar-refractivity contribution in [3.8, 4) is 11.5 Å². The second-order valence-corrected chi connectivity index (χ2v) is 5.66. The molecular formula is C19H24N2O3. The maximum atomic E-state index is 12.2. The Balaban J connectivity index is 1.91. The van der Waals surface area contributed by atoms with Crippen LogP contribution in [-0.2, 0) is 6.42 Å². The summed E-state index contributed by atoms with van der Waals surface area (Å²) >= 11 is 0. The molecular weight excluding hydrogens is 304 g/mol. The summed E-state index contributed by atoms with van der Waals surface area (Å²) in [5.41, 5.74) is 3.04. The summed E-state index contributed by atoms with van der Waals surface area (Å²) in [6.45, 7) is 2.62. The van der Waals surface area contributed by atoms with Crippen molar-refractivity contribution in [1.29, 1.82) is 0 Å². The van der Waals surface area contributed by atoms with Crippen molar-refractivity contribution in [2.45, 2.75) is 13.3 Å². The Morgan fingerprint density at radius 1 is 1.04 bits per heavy atom. The van der Waals surface area contributed by atoms with Crippen molar-refractivity contribution in [3.63, 3.8) is 0 Å². The van der Waals surface area contributed by atoms with Gasteiger partial charge in [-0.1, -0.05) is 23.8 Å². The first-order chi connectivity index (χ1) is 11.5. The average Bonchev–Trinajstić information content (AvgIpc) is 2.61. The average molecular weight is 328 g/mol. The van der Waals surface area contributed by atoms with E-state index in [-0.39, 0.29) is 6.03 Å². The lowest BCUT2D eigenvalue weighted by atomic mass is 10.1. The van der Waals surface area contributed by atoms with Crippen LogP contribution < -0.4 is 14.8 Å². The van der Waals surface area contributed by atoms with Crippen molar-refractivity contribution in [2.24, 2.45) is 0 Å². The molecule has 0 aliphatic rings. The van der Waals surface area contributed by atoms with E-state index in [0.717, 1.165) is 23.2 Å². The maximum absolute atomic E-state index is 12.2. The Kier molecular flexibility index (Phi) is 6.07. The number of carbonyl (C=O) groups is 1. The first-order valence-corrected chi connectivity index (χ1v) is 7.83. The molecule has 0 heterocycles. The molecule has 0 aliphatic heterocycles. The third-order valence-electron chi connectivity index (χ3n) is 3.83. The van der Waals surface area contributed by atoms with Crippen LogP contribution in [0.2, 0.25) is 0 Å². The van der Waals surface area contributed by atoms with Gasteiger partial charge in [0, 0.05) is 19.3 Å². The van der Waals surface area contributed by atoms with Gasteiger partial charge in [-0.25, -0.2) is 4.79 Å². The largest absolute Gasteiger partial charge is 0.493 e. The zero-order chi connectivity index (χ0) is 17.5. The van der Waals surface area contributed by atoms with Crippen molar-refractivity contribution in [3.05, 3.63) is 53.6 Å². The number of carbonyl (C=O) groups excluding carboxylic acids is 1. The Labute approximate surface area is 143 Å². The smallest absolute Gasteiger partial charge is 0.321 e. The Morgan fingerprint density at radius 2 is 1.71 bits per heavy atom. The molecule has 0 unspecified atom stereocenters. The van der Waals surface area contributed by atoms with E-state index in [2.05, 4.69) is 5.32 Å². The lowest BCUT2D eigenvalue weighted by molar-refractivity contribution is 0.223. The molecule has 128 valence electrons. The number of nitrogens with zero attached hydrogens (tertiary/aromatic N) is 1. The number of nitrogens with one attached hydrogen (secondary N) is 1. The number of methoxy groups -OCH3 is 2. The Bertz CT molecular complexity index is 684. The molecule has 0 atom stereocenters. The van der Waals surface area contributed by atoms with Crippen molar-refractivity contribution in [1.82, 2.24) is 4.90 Å². The van der Waals surface area contributed by atoms with Crippen molar-refractivity contribution >= 4 is 11.7 Å². The van der Waals surface area contributed by atoms with Crippen LogP contribution in [0.15, 0.2) is 42.5 Å². The standard InChI is InChI=1S/C19H24N2O3/c1-14-5-8-16(9-6-14)20-19(22)21(2)12-11-15-7-10-17(23-3)18(13-15)24-4/h5-10,13H,11-12H2,1-4H3,(H,20,22). The number of ether oxygens (including phenoxy) is 2. The van der Waals surface area contributed by atoms with Gasteiger partial charge in [0.2, 0.25) is 0 Å². The van der Waals surface area contributed by atoms with Gasteiger partial charge in [0.15, 0.2) is 11.5 Å². The molecule has 2 amide bonds. The lowest BCUT2D eigenvalue weighted by Gasteiger charge is -2.18. The van der Waals surface area contributed by atoms with Gasteiger partial charge < -0.3 is 19.7 Å². The van der Waals surface area contributed by atoms with Crippen molar-refractivity contribution in [2.75, 3.05) is 33.1 Å². The molecule has 0 spiro atoms. The monoisotopic (exact) mass is 328 g/mol. The molecule has 2 rings (SSSR count). The summed E-state index contributed by atoms with van der Waals surface area (Å²) in [7, 11) is 5.01. The van der Waals surface area contributed by atoms with Crippen LogP contribution in [0.1, 0.15) is 11.1 Å². The molecule has 0 aromatic heterocycles. The summed E-state index contributed by atoms with van der Waals surface area (Å²) in [5.74, 6) is 1.40. The number of rotatable bonds is 6. The quantitative estimate of drug-likeness (QED) is 0.879. The summed E-state index contributed by atoms with van der Waals surface area (Å²) in [4.78, 5) is 13.9. The molecule has 0 fully saturated rings. The molecule has 0 bridgehead atoms. The number of aryl methyl sites for hydroxylation is 1. The lowest BCUT2D eigenvalue weighted by Crippen LogP contribution is -2.32. The topological polar surface area (TPSA) is 50.8 Å². The number of urea groups is 1. The zero-order valence-corrected chi connectivity index (χ0v) is 14.6. The normalized spacial score (nSPS) is 10.2. The third-order valence-corrected chi connectivity index (χ3v) is 3.83. The fraction of sp³-hybridized carbons (Fsp3) is 0.316. The maximum Gasteiger partial charge on any atom is 0.321 e. The van der Waals surface area contributed by atoms with E-state index in [0.29, 0.717) is 18.0 Å². The van der Waals surface area contributed by atoms with Crippen LogP contribution in [0.25, 0.3) is 0 Å². The minimum absolute atomic E-state index is 0.126. The second-order valence-electron chi connectivity index (χ2n) is 5.66. The van der Waals surface area contributed by atoms with Crippen molar-refractivity contribution < 1.29 is 14.3 Å². The zero-order valence-electron chi connectivity index (χ0n) is 14.6. The van der Waals surface area contributed by atoms with Gasteiger partial charge >= 0.3 is 6.03 Å². The summed E-state index contributed by atoms with van der Waals surface area (Å²) in [5, 5.41) is 2.89. The van der Waals surface area contributed by atoms with Crippen LogP contribution in [0.3, 0.4) is 0 Å². The fourth-order valence-electron chi connectivity index (χ4n) is 2.29. The highest BCUT2D eigenvalue weighted by atomic mass is 16.5. The fourth-order valence-corrected chi connectivity index (χ4v) is 2.29. The van der Waals surface area contributed by atoms with E-state index >= 15 is 0 Å². The molecule has 5 heteroatoms. The van der Waals surface area contributed by atoms with E-state index in [1.807, 2.05) is 49.4 Å².